The Hall–Kier alpha value is -2.44. The topological polar surface area (TPSA) is 42.2 Å². The highest BCUT2D eigenvalue weighted by Gasteiger charge is 2.31. The third-order valence-electron chi connectivity index (χ3n) is 3.51. The SMILES string of the molecule is O=C(Nc1cc(C(F)(F)F)ccc1Cl)c1ccc(-c2ccccc2Cl)o1. The van der Waals surface area contributed by atoms with Crippen LogP contribution in [0.5, 0.6) is 0 Å². The van der Waals surface area contributed by atoms with Crippen LogP contribution >= 0.6 is 23.2 Å². The van der Waals surface area contributed by atoms with Gasteiger partial charge in [0.2, 0.25) is 0 Å². The van der Waals surface area contributed by atoms with Crippen LogP contribution in [0.3, 0.4) is 0 Å². The van der Waals surface area contributed by atoms with Crippen LogP contribution in [0.15, 0.2) is 59.0 Å². The standard InChI is InChI=1S/C18H10Cl2F3NO2/c19-12-4-2-1-3-11(12)15-7-8-16(26-15)17(25)24-14-9-10(18(21,22)23)5-6-13(14)20/h1-9H,(H,24,25). The number of nitrogens with one attached hydrogen (secondary N) is 1. The lowest BCUT2D eigenvalue weighted by Gasteiger charge is -2.11. The van der Waals surface area contributed by atoms with Crippen molar-refractivity contribution in [2.24, 2.45) is 0 Å². The van der Waals surface area contributed by atoms with E-state index < -0.39 is 17.6 Å². The molecule has 3 aromatic rings. The first-order chi connectivity index (χ1) is 12.3. The molecule has 0 bridgehead atoms. The number of alkyl halides is 3. The lowest BCUT2D eigenvalue weighted by Crippen LogP contribution is -2.13. The molecule has 1 aromatic heterocycles. The second-order valence-electron chi connectivity index (χ2n) is 5.29. The van der Waals surface area contributed by atoms with E-state index in [0.29, 0.717) is 16.3 Å². The number of furan rings is 1. The number of amides is 1. The monoisotopic (exact) mass is 399 g/mol. The summed E-state index contributed by atoms with van der Waals surface area (Å²) in [6, 6.07) is 12.5. The van der Waals surface area contributed by atoms with E-state index in [0.717, 1.165) is 18.2 Å². The number of hydrogen-bond acceptors (Lipinski definition) is 2. The van der Waals surface area contributed by atoms with Gasteiger partial charge in [-0.15, -0.1) is 0 Å². The van der Waals surface area contributed by atoms with E-state index in [-0.39, 0.29) is 16.5 Å². The summed E-state index contributed by atoms with van der Waals surface area (Å²) in [6.45, 7) is 0. The summed E-state index contributed by atoms with van der Waals surface area (Å²) < 4.78 is 43.9. The molecule has 0 aliphatic heterocycles. The summed E-state index contributed by atoms with van der Waals surface area (Å²) in [5.74, 6) is -0.464. The second-order valence-corrected chi connectivity index (χ2v) is 6.10. The minimum atomic E-state index is -4.55. The number of benzene rings is 2. The quantitative estimate of drug-likeness (QED) is 0.544. The van der Waals surface area contributed by atoms with Crippen LogP contribution in [0.4, 0.5) is 18.9 Å². The molecule has 8 heteroatoms. The van der Waals surface area contributed by atoms with Crippen LogP contribution < -0.4 is 5.32 Å². The molecule has 3 rings (SSSR count). The van der Waals surface area contributed by atoms with Gasteiger partial charge < -0.3 is 9.73 Å². The van der Waals surface area contributed by atoms with Gasteiger partial charge in [0.15, 0.2) is 5.76 Å². The average molecular weight is 400 g/mol. The van der Waals surface area contributed by atoms with Gasteiger partial charge in [0.25, 0.3) is 5.91 Å². The molecule has 0 fully saturated rings. The molecule has 1 N–H and O–H groups in total. The predicted molar refractivity (Wildman–Crippen MR) is 93.6 cm³/mol. The first-order valence-corrected chi connectivity index (χ1v) is 8.04. The van der Waals surface area contributed by atoms with Crippen LogP contribution in [0.2, 0.25) is 10.0 Å². The van der Waals surface area contributed by atoms with Crippen LogP contribution in [0, 0.1) is 0 Å². The molecular formula is C18H10Cl2F3NO2. The highest BCUT2D eigenvalue weighted by molar-refractivity contribution is 6.34. The molecule has 2 aromatic carbocycles. The number of hydrogen-bond donors (Lipinski definition) is 1. The highest BCUT2D eigenvalue weighted by Crippen LogP contribution is 2.34. The summed E-state index contributed by atoms with van der Waals surface area (Å²) in [6.07, 6.45) is -4.55. The number of carbonyl (C=O) groups excluding carboxylic acids is 1. The fourth-order valence-electron chi connectivity index (χ4n) is 2.25. The molecule has 1 heterocycles. The van der Waals surface area contributed by atoms with Gasteiger partial charge in [-0.2, -0.15) is 13.2 Å². The Labute approximate surface area is 156 Å². The summed E-state index contributed by atoms with van der Waals surface area (Å²) in [5, 5.41) is 2.74. The molecule has 0 spiro atoms. The number of halogens is 5. The van der Waals surface area contributed by atoms with E-state index in [9.17, 15) is 18.0 Å². The lowest BCUT2D eigenvalue weighted by atomic mass is 10.2. The molecule has 3 nitrogen and oxygen atoms in total. The Balaban J connectivity index is 1.85. The smallest absolute Gasteiger partial charge is 0.416 e. The molecule has 134 valence electrons. The summed E-state index contributed by atoms with van der Waals surface area (Å²) in [7, 11) is 0. The van der Waals surface area contributed by atoms with Gasteiger partial charge in [-0.1, -0.05) is 35.3 Å². The van der Waals surface area contributed by atoms with Gasteiger partial charge >= 0.3 is 6.18 Å². The Bertz CT molecular complexity index is 967. The maximum absolute atomic E-state index is 12.8. The van der Waals surface area contributed by atoms with Gasteiger partial charge in [-0.25, -0.2) is 0 Å². The zero-order valence-corrected chi connectivity index (χ0v) is 14.4. The van der Waals surface area contributed by atoms with Gasteiger partial charge in [0, 0.05) is 5.56 Å². The van der Waals surface area contributed by atoms with E-state index in [2.05, 4.69) is 5.32 Å². The maximum Gasteiger partial charge on any atom is 0.416 e. The van der Waals surface area contributed by atoms with E-state index in [1.54, 1.807) is 30.3 Å². The molecular weight excluding hydrogens is 390 g/mol. The van der Waals surface area contributed by atoms with Gasteiger partial charge in [0.05, 0.1) is 21.3 Å². The molecule has 0 saturated heterocycles. The van der Waals surface area contributed by atoms with Gasteiger partial charge in [-0.05, 0) is 42.5 Å². The predicted octanol–water partition coefficient (Wildman–Crippen LogP) is 6.52. The van der Waals surface area contributed by atoms with Gasteiger partial charge in [-0.3, -0.25) is 4.79 Å². The summed E-state index contributed by atoms with van der Waals surface area (Å²) >= 11 is 11.9. The van der Waals surface area contributed by atoms with Crippen LogP contribution in [-0.2, 0) is 6.18 Å². The molecule has 0 saturated carbocycles. The van der Waals surface area contributed by atoms with Crippen molar-refractivity contribution in [3.05, 3.63) is 76.0 Å². The van der Waals surface area contributed by atoms with E-state index in [4.69, 9.17) is 27.6 Å². The van der Waals surface area contributed by atoms with Crippen molar-refractivity contribution in [1.82, 2.24) is 0 Å². The summed E-state index contributed by atoms with van der Waals surface area (Å²) in [4.78, 5) is 12.3. The normalized spacial score (nSPS) is 11.4. The fourth-order valence-corrected chi connectivity index (χ4v) is 2.64. The van der Waals surface area contributed by atoms with E-state index in [1.807, 2.05) is 0 Å². The lowest BCUT2D eigenvalue weighted by molar-refractivity contribution is -0.137. The molecule has 0 unspecified atom stereocenters. The van der Waals surface area contributed by atoms with Crippen LogP contribution in [-0.4, -0.2) is 5.91 Å². The van der Waals surface area contributed by atoms with Crippen LogP contribution in [0.25, 0.3) is 11.3 Å². The van der Waals surface area contributed by atoms with Crippen molar-refractivity contribution in [2.45, 2.75) is 6.18 Å². The third-order valence-corrected chi connectivity index (χ3v) is 4.17. The first kappa shape index (κ1) is 18.4. The number of carbonyl (C=O) groups is 1. The van der Waals surface area contributed by atoms with Crippen molar-refractivity contribution in [2.75, 3.05) is 5.32 Å². The Morgan fingerprint density at radius 2 is 1.69 bits per heavy atom. The number of rotatable bonds is 3. The van der Waals surface area contributed by atoms with Crippen molar-refractivity contribution >= 4 is 34.8 Å². The highest BCUT2D eigenvalue weighted by atomic mass is 35.5. The van der Waals surface area contributed by atoms with E-state index in [1.165, 1.54) is 6.07 Å². The zero-order chi connectivity index (χ0) is 18.9. The maximum atomic E-state index is 12.8. The minimum Gasteiger partial charge on any atom is -0.451 e. The third kappa shape index (κ3) is 3.86. The van der Waals surface area contributed by atoms with Crippen molar-refractivity contribution in [3.63, 3.8) is 0 Å². The molecule has 26 heavy (non-hydrogen) atoms. The Morgan fingerprint density at radius 3 is 2.38 bits per heavy atom. The average Bonchev–Trinajstić information content (AvgIpc) is 3.06. The van der Waals surface area contributed by atoms with Crippen molar-refractivity contribution in [3.8, 4) is 11.3 Å². The Kier molecular flexibility index (Phi) is 4.98. The first-order valence-electron chi connectivity index (χ1n) is 7.28. The Morgan fingerprint density at radius 1 is 0.962 bits per heavy atom. The minimum absolute atomic E-state index is 0.0239. The van der Waals surface area contributed by atoms with E-state index >= 15 is 0 Å². The largest absolute Gasteiger partial charge is 0.451 e. The van der Waals surface area contributed by atoms with Crippen molar-refractivity contribution < 1.29 is 22.4 Å². The molecule has 0 atom stereocenters. The molecule has 0 radical (unpaired) electrons. The number of anilines is 1. The fraction of sp³-hybridized carbons (Fsp3) is 0.0556. The molecule has 0 aliphatic carbocycles. The molecule has 0 aliphatic rings. The van der Waals surface area contributed by atoms with Crippen LogP contribution in [0.1, 0.15) is 16.1 Å². The molecule has 1 amide bonds. The second kappa shape index (κ2) is 7.05. The zero-order valence-electron chi connectivity index (χ0n) is 12.9. The van der Waals surface area contributed by atoms with Crippen molar-refractivity contribution in [1.29, 1.82) is 0 Å². The summed E-state index contributed by atoms with van der Waals surface area (Å²) in [5.41, 5.74) is -0.499. The van der Waals surface area contributed by atoms with Gasteiger partial charge in [0.1, 0.15) is 5.76 Å².